The van der Waals surface area contributed by atoms with Gasteiger partial charge in [-0.25, -0.2) is 14.0 Å². The zero-order valence-electron chi connectivity index (χ0n) is 27.9. The minimum Gasteiger partial charge on any atom is -0.461 e. The zero-order valence-corrected chi connectivity index (χ0v) is 27.9. The molecular weight excluding hydrogens is 609 g/mol. The lowest BCUT2D eigenvalue weighted by Gasteiger charge is -2.33. The first kappa shape index (κ1) is 34.2. The molecule has 1 saturated carbocycles. The Kier molecular flexibility index (Phi) is 10.2. The summed E-state index contributed by atoms with van der Waals surface area (Å²) in [4.78, 5) is 42.0. The molecule has 48 heavy (non-hydrogen) atoms. The van der Waals surface area contributed by atoms with Crippen LogP contribution >= 0.6 is 0 Å². The maximum atomic E-state index is 13.9. The van der Waals surface area contributed by atoms with Crippen LogP contribution in [0.25, 0.3) is 11.3 Å². The number of nitrogens with two attached hydrogens (primary N) is 1. The largest absolute Gasteiger partial charge is 0.461 e. The van der Waals surface area contributed by atoms with Gasteiger partial charge in [0.15, 0.2) is 6.04 Å². The zero-order chi connectivity index (χ0) is 34.6. The molecule has 5 rings (SSSR count). The van der Waals surface area contributed by atoms with E-state index < -0.39 is 23.7 Å². The third-order valence-electron chi connectivity index (χ3n) is 8.37. The lowest BCUT2D eigenvalue weighted by Crippen LogP contribution is -2.43. The van der Waals surface area contributed by atoms with Gasteiger partial charge in [0.1, 0.15) is 23.3 Å². The summed E-state index contributed by atoms with van der Waals surface area (Å²) in [6, 6.07) is 22.7. The standard InChI is InChI=1S/C39H42FN3O5/c1-25-23-29(17-21-33(25)40)26(2)32-20-22-34(44)43(36(32)41)30-18-15-27(16-19-30)24-42(38(46)48-39(3,4)5)35(28-11-7-6-8-12-28)37(45)47-31-13-9-10-14-31/h6-8,11-12,15-23,31,35H,2,9-10,13-14,24,41H2,1,3-5H3/t35-/m0/s1. The van der Waals surface area contributed by atoms with Gasteiger partial charge in [0.2, 0.25) is 0 Å². The number of hydrogen-bond acceptors (Lipinski definition) is 6. The summed E-state index contributed by atoms with van der Waals surface area (Å²) in [5.41, 5.74) is 9.42. The third-order valence-corrected chi connectivity index (χ3v) is 8.37. The molecule has 2 N–H and O–H groups in total. The highest BCUT2D eigenvalue weighted by atomic mass is 19.1. The first-order valence-corrected chi connectivity index (χ1v) is 16.1. The highest BCUT2D eigenvalue weighted by Gasteiger charge is 2.37. The van der Waals surface area contributed by atoms with Crippen molar-refractivity contribution in [3.63, 3.8) is 0 Å². The first-order chi connectivity index (χ1) is 22.8. The van der Waals surface area contributed by atoms with Crippen molar-refractivity contribution in [2.24, 2.45) is 0 Å². The fraction of sp³-hybridized carbons (Fsp3) is 0.308. The number of pyridine rings is 1. The van der Waals surface area contributed by atoms with Crippen LogP contribution in [0.4, 0.5) is 15.0 Å². The summed E-state index contributed by atoms with van der Waals surface area (Å²) in [6.45, 7) is 11.2. The Bertz CT molecular complexity index is 1860. The number of aromatic nitrogens is 1. The van der Waals surface area contributed by atoms with Crippen LogP contribution in [0, 0.1) is 12.7 Å². The molecule has 9 heteroatoms. The molecule has 250 valence electrons. The first-order valence-electron chi connectivity index (χ1n) is 16.1. The van der Waals surface area contributed by atoms with Crippen molar-refractivity contribution in [2.75, 3.05) is 5.73 Å². The molecule has 1 heterocycles. The molecule has 1 aliphatic carbocycles. The van der Waals surface area contributed by atoms with Crippen LogP contribution in [0.15, 0.2) is 96.3 Å². The number of amides is 1. The van der Waals surface area contributed by atoms with Crippen molar-refractivity contribution in [2.45, 2.75) is 77.7 Å². The molecule has 0 bridgehead atoms. The van der Waals surface area contributed by atoms with Gasteiger partial charge in [-0.1, -0.05) is 55.1 Å². The second-order valence-corrected chi connectivity index (χ2v) is 13.2. The van der Waals surface area contributed by atoms with Crippen LogP contribution in [-0.2, 0) is 20.8 Å². The number of hydrogen-bond donors (Lipinski definition) is 1. The lowest BCUT2D eigenvalue weighted by atomic mass is 9.98. The van der Waals surface area contributed by atoms with Crippen LogP contribution in [-0.4, -0.2) is 33.2 Å². The van der Waals surface area contributed by atoms with Crippen molar-refractivity contribution >= 4 is 23.5 Å². The minimum absolute atomic E-state index is 0.0274. The summed E-state index contributed by atoms with van der Waals surface area (Å²) in [5.74, 6) is -0.657. The van der Waals surface area contributed by atoms with Gasteiger partial charge in [-0.2, -0.15) is 0 Å². The Hall–Kier alpha value is -5.18. The fourth-order valence-corrected chi connectivity index (χ4v) is 5.91. The molecule has 0 spiro atoms. The molecular formula is C39H42FN3O5. The van der Waals surface area contributed by atoms with E-state index in [4.69, 9.17) is 15.2 Å². The number of anilines is 1. The number of carbonyl (C=O) groups is 2. The van der Waals surface area contributed by atoms with E-state index in [1.165, 1.54) is 21.6 Å². The molecule has 1 fully saturated rings. The molecule has 8 nitrogen and oxygen atoms in total. The quantitative estimate of drug-likeness (QED) is 0.185. The van der Waals surface area contributed by atoms with Crippen LogP contribution in [0.5, 0.6) is 0 Å². The molecule has 0 radical (unpaired) electrons. The van der Waals surface area contributed by atoms with E-state index in [0.717, 1.165) is 25.7 Å². The van der Waals surface area contributed by atoms with E-state index >= 15 is 0 Å². The van der Waals surface area contributed by atoms with Crippen molar-refractivity contribution in [3.05, 3.63) is 135 Å². The third kappa shape index (κ3) is 7.85. The highest BCUT2D eigenvalue weighted by Crippen LogP contribution is 2.31. The van der Waals surface area contributed by atoms with Crippen molar-refractivity contribution in [1.29, 1.82) is 0 Å². The number of carbonyl (C=O) groups excluding carboxylic acids is 2. The van der Waals surface area contributed by atoms with E-state index in [9.17, 15) is 18.8 Å². The Morgan fingerprint density at radius 3 is 2.29 bits per heavy atom. The summed E-state index contributed by atoms with van der Waals surface area (Å²) in [5, 5.41) is 0. The van der Waals surface area contributed by atoms with E-state index in [0.29, 0.717) is 39.1 Å². The van der Waals surface area contributed by atoms with Crippen LogP contribution < -0.4 is 11.3 Å². The van der Waals surface area contributed by atoms with E-state index in [1.807, 2.05) is 18.2 Å². The number of rotatable bonds is 9. The molecule has 1 atom stereocenters. The predicted octanol–water partition coefficient (Wildman–Crippen LogP) is 7.89. The molecule has 1 aromatic heterocycles. The number of benzene rings is 3. The van der Waals surface area contributed by atoms with E-state index in [-0.39, 0.29) is 29.8 Å². The summed E-state index contributed by atoms with van der Waals surface area (Å²) < 4.78 is 27.0. The molecule has 3 aromatic carbocycles. The summed E-state index contributed by atoms with van der Waals surface area (Å²) in [7, 11) is 0. The highest BCUT2D eigenvalue weighted by molar-refractivity contribution is 5.84. The average molecular weight is 652 g/mol. The van der Waals surface area contributed by atoms with Gasteiger partial charge in [0.05, 0.1) is 12.2 Å². The Labute approximate surface area is 280 Å². The van der Waals surface area contributed by atoms with Crippen LogP contribution in [0.1, 0.15) is 80.3 Å². The molecule has 0 unspecified atom stereocenters. The topological polar surface area (TPSA) is 104 Å². The number of aryl methyl sites for hydroxylation is 1. The Morgan fingerprint density at radius 2 is 1.67 bits per heavy atom. The molecule has 1 aliphatic rings. The van der Waals surface area contributed by atoms with Crippen molar-refractivity contribution in [1.82, 2.24) is 9.47 Å². The smallest absolute Gasteiger partial charge is 0.411 e. The van der Waals surface area contributed by atoms with Gasteiger partial charge >= 0.3 is 12.1 Å². The number of nitrogen functional groups attached to an aromatic ring is 1. The molecule has 0 saturated heterocycles. The second-order valence-electron chi connectivity index (χ2n) is 13.2. The Balaban J connectivity index is 1.48. The maximum Gasteiger partial charge on any atom is 0.411 e. The van der Waals surface area contributed by atoms with Crippen molar-refractivity contribution < 1.29 is 23.5 Å². The van der Waals surface area contributed by atoms with Gasteiger partial charge in [-0.15, -0.1) is 0 Å². The maximum absolute atomic E-state index is 13.9. The monoisotopic (exact) mass is 651 g/mol. The summed E-state index contributed by atoms with van der Waals surface area (Å²) in [6.07, 6.45) is 2.72. The van der Waals surface area contributed by atoms with Gasteiger partial charge in [-0.3, -0.25) is 14.3 Å². The number of halogens is 1. The van der Waals surface area contributed by atoms with E-state index in [2.05, 4.69) is 6.58 Å². The van der Waals surface area contributed by atoms with Crippen LogP contribution in [0.3, 0.4) is 0 Å². The minimum atomic E-state index is -1.04. The average Bonchev–Trinajstić information content (AvgIpc) is 3.55. The van der Waals surface area contributed by atoms with Gasteiger partial charge < -0.3 is 15.2 Å². The SMILES string of the molecule is C=C(c1ccc(F)c(C)c1)c1ccc(=O)n(-c2ccc(CN(C(=O)OC(C)(C)C)[C@H](C(=O)OC3CCCC3)c3ccccc3)cc2)c1N. The summed E-state index contributed by atoms with van der Waals surface area (Å²) >= 11 is 0. The molecule has 4 aromatic rings. The van der Waals surface area contributed by atoms with Crippen LogP contribution in [0.2, 0.25) is 0 Å². The second kappa shape index (κ2) is 14.3. The van der Waals surface area contributed by atoms with Gasteiger partial charge in [0, 0.05) is 11.6 Å². The number of ether oxygens (including phenoxy) is 2. The van der Waals surface area contributed by atoms with Crippen molar-refractivity contribution in [3.8, 4) is 5.69 Å². The normalized spacial score (nSPS) is 13.9. The Morgan fingerprint density at radius 1 is 1.00 bits per heavy atom. The number of nitrogens with zero attached hydrogens (tertiary/aromatic N) is 2. The van der Waals surface area contributed by atoms with E-state index in [1.54, 1.807) is 82.3 Å². The van der Waals surface area contributed by atoms with Gasteiger partial charge in [-0.05, 0) is 112 Å². The predicted molar refractivity (Wildman–Crippen MR) is 185 cm³/mol. The molecule has 0 aliphatic heterocycles. The number of esters is 1. The van der Waals surface area contributed by atoms with Gasteiger partial charge in [0.25, 0.3) is 5.56 Å². The molecule has 1 amide bonds. The lowest BCUT2D eigenvalue weighted by molar-refractivity contribution is -0.155. The fourth-order valence-electron chi connectivity index (χ4n) is 5.91.